The van der Waals surface area contributed by atoms with E-state index in [2.05, 4.69) is 44.3 Å². The number of halogens is 5. The molecule has 61 heavy (non-hydrogen) atoms. The molecule has 12 nitrogen and oxygen atoms in total. The third-order valence-electron chi connectivity index (χ3n) is 10.6. The lowest BCUT2D eigenvalue weighted by Crippen LogP contribution is -2.55. The number of piperazine rings is 2. The molecule has 0 spiro atoms. The molecule has 2 N–H and O–H groups in total. The largest absolute Gasteiger partial charge is 0.394 e. The number of nitrogens with zero attached hydrogens (tertiary/aromatic N) is 8. The minimum absolute atomic E-state index is 0.0236. The Morgan fingerprint density at radius 3 is 1.52 bits per heavy atom. The molecule has 17 heteroatoms. The van der Waals surface area contributed by atoms with Crippen molar-refractivity contribution in [3.8, 4) is 11.4 Å². The zero-order valence-electron chi connectivity index (χ0n) is 32.9. The number of benzene rings is 4. The third-order valence-corrected chi connectivity index (χ3v) is 10.9. The van der Waals surface area contributed by atoms with Crippen LogP contribution in [0.2, 0.25) is 5.02 Å². The number of anilines is 2. The fourth-order valence-electron chi connectivity index (χ4n) is 7.66. The van der Waals surface area contributed by atoms with E-state index in [-0.39, 0.29) is 41.7 Å². The van der Waals surface area contributed by atoms with Crippen LogP contribution < -0.4 is 20.9 Å². The molecule has 0 saturated carbocycles. The van der Waals surface area contributed by atoms with Crippen LogP contribution in [0.15, 0.2) is 125 Å². The van der Waals surface area contributed by atoms with Gasteiger partial charge < -0.3 is 20.0 Å². The molecule has 0 bridgehead atoms. The Kier molecular flexibility index (Phi) is 13.9. The molecule has 2 aliphatic heterocycles. The number of hydrogen-bond donors (Lipinski definition) is 2. The number of aliphatic hydroxyl groups excluding tert-OH is 2. The molecule has 2 fully saturated rings. The molecule has 0 aliphatic carbocycles. The summed E-state index contributed by atoms with van der Waals surface area (Å²) in [4.78, 5) is 33.6. The first-order valence-corrected chi connectivity index (χ1v) is 19.9. The lowest BCUT2D eigenvalue weighted by atomic mass is 10.1. The molecular formula is C44H43ClF4N8O4. The van der Waals surface area contributed by atoms with E-state index in [1.807, 2.05) is 46.2 Å². The van der Waals surface area contributed by atoms with Crippen molar-refractivity contribution in [2.75, 3.05) is 62.3 Å². The van der Waals surface area contributed by atoms with Gasteiger partial charge in [0.05, 0.1) is 60.4 Å². The van der Waals surface area contributed by atoms with Crippen LogP contribution >= 0.6 is 11.6 Å². The number of aliphatic hydroxyl groups is 2. The first kappa shape index (κ1) is 43.2. The van der Waals surface area contributed by atoms with Gasteiger partial charge in [-0.1, -0.05) is 72.3 Å². The Bertz CT molecular complexity index is 2510. The third kappa shape index (κ3) is 10.5. The molecule has 2 unspecified atom stereocenters. The van der Waals surface area contributed by atoms with Gasteiger partial charge >= 0.3 is 0 Å². The number of rotatable bonds is 10. The van der Waals surface area contributed by atoms with Gasteiger partial charge in [-0.2, -0.15) is 19.6 Å². The predicted octanol–water partition coefficient (Wildman–Crippen LogP) is 5.04. The molecular weight excluding hydrogens is 816 g/mol. The van der Waals surface area contributed by atoms with E-state index in [9.17, 15) is 37.4 Å². The fourth-order valence-corrected chi connectivity index (χ4v) is 7.90. The lowest BCUT2D eigenvalue weighted by molar-refractivity contribution is 0.164. The summed E-state index contributed by atoms with van der Waals surface area (Å²) in [5.41, 5.74) is 2.13. The number of aromatic nitrogens is 4. The van der Waals surface area contributed by atoms with Crippen molar-refractivity contribution in [2.45, 2.75) is 25.2 Å². The summed E-state index contributed by atoms with van der Waals surface area (Å²) in [7, 11) is 0. The Morgan fingerprint density at radius 1 is 0.574 bits per heavy atom. The summed E-state index contributed by atoms with van der Waals surface area (Å²) in [5.74, 6) is -3.20. The van der Waals surface area contributed by atoms with E-state index >= 15 is 0 Å². The van der Waals surface area contributed by atoms with Gasteiger partial charge in [-0.25, -0.2) is 17.6 Å². The van der Waals surface area contributed by atoms with Crippen molar-refractivity contribution in [3.05, 3.63) is 176 Å². The molecule has 4 aromatic carbocycles. The van der Waals surface area contributed by atoms with Crippen molar-refractivity contribution in [1.29, 1.82) is 0 Å². The zero-order valence-corrected chi connectivity index (χ0v) is 33.6. The monoisotopic (exact) mass is 858 g/mol. The van der Waals surface area contributed by atoms with E-state index in [0.717, 1.165) is 59.3 Å². The maximum absolute atomic E-state index is 13.5. The summed E-state index contributed by atoms with van der Waals surface area (Å²) in [6.07, 6.45) is 2.88. The Labute approximate surface area is 353 Å². The molecule has 2 aliphatic rings. The van der Waals surface area contributed by atoms with Crippen LogP contribution in [0, 0.1) is 23.3 Å². The van der Waals surface area contributed by atoms with Gasteiger partial charge in [-0.3, -0.25) is 19.4 Å². The second-order valence-electron chi connectivity index (χ2n) is 14.8. The highest BCUT2D eigenvalue weighted by Gasteiger charge is 2.30. The number of hydrogen-bond acceptors (Lipinski definition) is 10. The van der Waals surface area contributed by atoms with Crippen LogP contribution in [0.5, 0.6) is 0 Å². The molecule has 4 heterocycles. The highest BCUT2D eigenvalue weighted by atomic mass is 35.5. The average molecular weight is 859 g/mol. The second kappa shape index (κ2) is 19.6. The van der Waals surface area contributed by atoms with Gasteiger partial charge in [-0.15, -0.1) is 0 Å². The topological polar surface area (TPSA) is 123 Å². The fraction of sp³-hybridized carbons (Fsp3) is 0.273. The van der Waals surface area contributed by atoms with Crippen molar-refractivity contribution < 1.29 is 27.8 Å². The Hall–Kier alpha value is -5.91. The first-order valence-electron chi connectivity index (χ1n) is 19.6. The van der Waals surface area contributed by atoms with Crippen LogP contribution in [-0.4, -0.2) is 104 Å². The molecule has 318 valence electrons. The van der Waals surface area contributed by atoms with E-state index < -0.39 is 34.4 Å². The van der Waals surface area contributed by atoms with Crippen LogP contribution in [-0.2, 0) is 13.1 Å². The summed E-state index contributed by atoms with van der Waals surface area (Å²) in [5, 5.41) is 27.9. The predicted molar refractivity (Wildman–Crippen MR) is 224 cm³/mol. The second-order valence-corrected chi connectivity index (χ2v) is 15.2. The molecule has 6 aromatic rings. The minimum Gasteiger partial charge on any atom is -0.394 e. The lowest BCUT2D eigenvalue weighted by Gasteiger charge is -2.42. The van der Waals surface area contributed by atoms with Crippen molar-refractivity contribution >= 4 is 23.0 Å². The minimum atomic E-state index is -0.821. The molecule has 8 rings (SSSR count). The SMILES string of the molecule is O=c1c(Cl)c(N2CCN(Cc3ccccc3)CC2CO)cnn1-c1cc(F)cc(F)c1.O=c1cc(N2CCN(Cc3ccccc3)CC2CO)cnn1-c1cc(F)cc(F)c1. The van der Waals surface area contributed by atoms with Crippen molar-refractivity contribution in [2.24, 2.45) is 0 Å². The molecule has 0 amide bonds. The van der Waals surface area contributed by atoms with Crippen LogP contribution in [0.25, 0.3) is 11.4 Å². The highest BCUT2D eigenvalue weighted by molar-refractivity contribution is 6.33. The Morgan fingerprint density at radius 2 is 1.03 bits per heavy atom. The van der Waals surface area contributed by atoms with Gasteiger partial charge in [0.2, 0.25) is 0 Å². The van der Waals surface area contributed by atoms with Gasteiger partial charge in [0.25, 0.3) is 11.1 Å². The first-order chi connectivity index (χ1) is 29.5. The van der Waals surface area contributed by atoms with E-state index in [1.54, 1.807) is 0 Å². The standard InChI is InChI=1S/C22H21ClF2N4O2.C22H22F2N4O2/c23-21-20(11-26-29(22(21)31)18-9-16(24)8-17(25)10-18)28-7-6-27(13-19(28)14-30)12-15-4-2-1-3-5-15;23-17-8-18(24)10-19(9-17)28-22(30)11-20(12-25-28)27-7-6-26(14-21(27)15-29)13-16-4-2-1-3-5-16/h1-5,8-11,19,30H,6-7,12-14H2;1-5,8-12,21,29H,6-7,13-15H2. The summed E-state index contributed by atoms with van der Waals surface area (Å²) < 4.78 is 55.9. The van der Waals surface area contributed by atoms with Crippen LogP contribution in [0.3, 0.4) is 0 Å². The van der Waals surface area contributed by atoms with Gasteiger partial charge in [-0.05, 0) is 35.4 Å². The zero-order chi connectivity index (χ0) is 43.0. The van der Waals surface area contributed by atoms with Gasteiger partial charge in [0.15, 0.2) is 0 Å². The quantitative estimate of drug-likeness (QED) is 0.181. The summed E-state index contributed by atoms with van der Waals surface area (Å²) in [6.45, 7) is 5.21. The summed E-state index contributed by atoms with van der Waals surface area (Å²) >= 11 is 6.35. The van der Waals surface area contributed by atoms with E-state index in [0.29, 0.717) is 50.2 Å². The normalized spacial score (nSPS) is 17.2. The molecule has 0 radical (unpaired) electrons. The summed E-state index contributed by atoms with van der Waals surface area (Å²) in [6, 6.07) is 26.6. The smallest absolute Gasteiger partial charge is 0.292 e. The van der Waals surface area contributed by atoms with Crippen LogP contribution in [0.4, 0.5) is 28.9 Å². The molecule has 2 aromatic heterocycles. The molecule has 2 saturated heterocycles. The maximum Gasteiger partial charge on any atom is 0.292 e. The van der Waals surface area contributed by atoms with Crippen LogP contribution in [0.1, 0.15) is 11.1 Å². The van der Waals surface area contributed by atoms with Gasteiger partial charge in [0, 0.05) is 70.6 Å². The Balaban J connectivity index is 0.000000184. The van der Waals surface area contributed by atoms with Crippen molar-refractivity contribution in [3.63, 3.8) is 0 Å². The van der Waals surface area contributed by atoms with E-state index in [4.69, 9.17) is 11.6 Å². The van der Waals surface area contributed by atoms with E-state index in [1.165, 1.54) is 29.6 Å². The van der Waals surface area contributed by atoms with Gasteiger partial charge in [0.1, 0.15) is 28.3 Å². The van der Waals surface area contributed by atoms with Crippen molar-refractivity contribution in [1.82, 2.24) is 29.4 Å². The highest BCUT2D eigenvalue weighted by Crippen LogP contribution is 2.27. The average Bonchev–Trinajstić information content (AvgIpc) is 3.25. The molecule has 2 atom stereocenters. The maximum atomic E-state index is 13.5.